The highest BCUT2D eigenvalue weighted by Crippen LogP contribution is 2.06. The summed E-state index contributed by atoms with van der Waals surface area (Å²) in [5.41, 5.74) is 0. The van der Waals surface area contributed by atoms with Gasteiger partial charge in [0.2, 0.25) is 0 Å². The van der Waals surface area contributed by atoms with Gasteiger partial charge in [-0.05, 0) is 25.4 Å². The van der Waals surface area contributed by atoms with Crippen LogP contribution < -0.4 is 10.1 Å². The summed E-state index contributed by atoms with van der Waals surface area (Å²) in [7, 11) is 0.912. The molecule has 23 heavy (non-hydrogen) atoms. The van der Waals surface area contributed by atoms with Crippen molar-refractivity contribution in [3.8, 4) is 5.75 Å². The third-order valence-corrected chi connectivity index (χ3v) is 3.47. The second-order valence-corrected chi connectivity index (χ2v) is 6.42. The molecule has 0 saturated heterocycles. The molecule has 0 heterocycles. The van der Waals surface area contributed by atoms with E-state index in [9.17, 15) is 4.79 Å². The summed E-state index contributed by atoms with van der Waals surface area (Å²) in [5.74, 6) is 1.90. The fraction of sp³-hybridized carbons (Fsp3) is 0.611. The van der Waals surface area contributed by atoms with Gasteiger partial charge in [-0.25, -0.2) is 0 Å². The SMILES string of the molecule is CC.CC(C)CNCOc1ccccc1.CCC(=O)CCP=S. The molecule has 132 valence electrons. The molecule has 0 saturated carbocycles. The van der Waals surface area contributed by atoms with Crippen molar-refractivity contribution >= 4 is 24.9 Å². The van der Waals surface area contributed by atoms with Gasteiger partial charge in [0.1, 0.15) is 18.3 Å². The summed E-state index contributed by atoms with van der Waals surface area (Å²) >= 11 is 4.64. The minimum absolute atomic E-state index is 0.322. The number of carbonyl (C=O) groups excluding carboxylic acids is 1. The Morgan fingerprint density at radius 1 is 1.26 bits per heavy atom. The number of benzene rings is 1. The van der Waals surface area contributed by atoms with E-state index in [2.05, 4.69) is 31.0 Å². The third-order valence-electron chi connectivity index (χ3n) is 2.51. The molecule has 0 radical (unpaired) electrons. The second-order valence-electron chi connectivity index (χ2n) is 4.94. The maximum Gasteiger partial charge on any atom is 0.139 e. The molecule has 1 N–H and O–H groups in total. The molecule has 0 amide bonds. The molecule has 0 aliphatic carbocycles. The van der Waals surface area contributed by atoms with Crippen LogP contribution >= 0.6 is 7.36 Å². The molecule has 0 aromatic heterocycles. The number of carbonyl (C=O) groups is 1. The molecule has 1 aromatic rings. The lowest BCUT2D eigenvalue weighted by Crippen LogP contribution is -2.24. The van der Waals surface area contributed by atoms with E-state index >= 15 is 0 Å². The van der Waals surface area contributed by atoms with Crippen molar-refractivity contribution in [3.05, 3.63) is 30.3 Å². The van der Waals surface area contributed by atoms with E-state index in [0.29, 0.717) is 31.3 Å². The zero-order chi connectivity index (χ0) is 17.9. The maximum atomic E-state index is 10.5. The zero-order valence-electron chi connectivity index (χ0n) is 15.2. The lowest BCUT2D eigenvalue weighted by Gasteiger charge is -2.08. The molecule has 0 spiro atoms. The molecule has 0 aliphatic heterocycles. The fourth-order valence-corrected chi connectivity index (χ4v) is 1.96. The Hall–Kier alpha value is -0.830. The van der Waals surface area contributed by atoms with E-state index in [0.717, 1.165) is 25.8 Å². The molecule has 0 fully saturated rings. The van der Waals surface area contributed by atoms with Gasteiger partial charge in [-0.2, -0.15) is 0 Å². The van der Waals surface area contributed by atoms with Gasteiger partial charge in [0, 0.05) is 25.5 Å². The van der Waals surface area contributed by atoms with Crippen LogP contribution in [0.4, 0.5) is 0 Å². The number of para-hydroxylation sites is 1. The lowest BCUT2D eigenvalue weighted by molar-refractivity contribution is -0.118. The van der Waals surface area contributed by atoms with Gasteiger partial charge in [0.25, 0.3) is 0 Å². The van der Waals surface area contributed by atoms with Gasteiger partial charge in [0.05, 0.1) is 0 Å². The van der Waals surface area contributed by atoms with E-state index in [1.54, 1.807) is 0 Å². The van der Waals surface area contributed by atoms with Crippen LogP contribution in [0.3, 0.4) is 0 Å². The maximum absolute atomic E-state index is 10.5. The predicted molar refractivity (Wildman–Crippen MR) is 105 cm³/mol. The van der Waals surface area contributed by atoms with Gasteiger partial charge in [-0.1, -0.05) is 64.6 Å². The molecule has 0 atom stereocenters. The number of Topliss-reactive ketones (excluding diaryl/α,β-unsaturated/α-hetero) is 1. The largest absolute Gasteiger partial charge is 0.478 e. The van der Waals surface area contributed by atoms with Gasteiger partial charge in [0.15, 0.2) is 0 Å². The Morgan fingerprint density at radius 3 is 2.35 bits per heavy atom. The smallest absolute Gasteiger partial charge is 0.139 e. The summed E-state index contributed by atoms with van der Waals surface area (Å²) in [6.45, 7) is 11.8. The molecular weight excluding hydrogens is 325 g/mol. The van der Waals surface area contributed by atoms with Crippen molar-refractivity contribution in [3.63, 3.8) is 0 Å². The first kappa shape index (κ1) is 24.4. The van der Waals surface area contributed by atoms with Gasteiger partial charge in [-0.15, -0.1) is 0 Å². The van der Waals surface area contributed by atoms with Crippen LogP contribution in [0.5, 0.6) is 5.75 Å². The summed E-state index contributed by atoms with van der Waals surface area (Å²) in [6.07, 6.45) is 2.18. The van der Waals surface area contributed by atoms with Crippen LogP contribution in [-0.4, -0.2) is 25.2 Å². The van der Waals surface area contributed by atoms with E-state index in [4.69, 9.17) is 4.74 Å². The minimum Gasteiger partial charge on any atom is -0.478 e. The van der Waals surface area contributed by atoms with E-state index in [1.165, 1.54) is 0 Å². The van der Waals surface area contributed by atoms with E-state index < -0.39 is 0 Å². The molecular formula is C18H32NO2PS. The van der Waals surface area contributed by atoms with Crippen LogP contribution in [0, 0.1) is 5.92 Å². The van der Waals surface area contributed by atoms with Crippen LogP contribution in [0.25, 0.3) is 0 Å². The Kier molecular flexibility index (Phi) is 20.4. The van der Waals surface area contributed by atoms with Crippen molar-refractivity contribution < 1.29 is 9.53 Å². The summed E-state index contributed by atoms with van der Waals surface area (Å²) < 4.78 is 5.45. The highest BCUT2D eigenvalue weighted by molar-refractivity contribution is 7.96. The quantitative estimate of drug-likeness (QED) is 0.381. The Morgan fingerprint density at radius 2 is 1.87 bits per heavy atom. The van der Waals surface area contributed by atoms with E-state index in [1.807, 2.05) is 51.1 Å². The fourth-order valence-electron chi connectivity index (χ4n) is 1.35. The monoisotopic (exact) mass is 357 g/mol. The number of hydrogen-bond donors (Lipinski definition) is 1. The van der Waals surface area contributed by atoms with Gasteiger partial charge in [-0.3, -0.25) is 10.1 Å². The average Bonchev–Trinajstić information content (AvgIpc) is 2.59. The first-order chi connectivity index (χ1) is 11.1. The van der Waals surface area contributed by atoms with Crippen molar-refractivity contribution in [1.82, 2.24) is 5.32 Å². The standard InChI is InChI=1S/C11H17NO.C5H9OPS.C2H6/c1-10(2)8-12-9-13-11-6-4-3-5-7-11;1-2-5(6)3-4-7-8;1-2/h3-7,10,12H,8-9H2,1-2H3;2-4H2,1H3;1-2H3. The van der Waals surface area contributed by atoms with E-state index in [-0.39, 0.29) is 0 Å². The second kappa shape index (κ2) is 19.2. The average molecular weight is 358 g/mol. The highest BCUT2D eigenvalue weighted by atomic mass is 32.4. The van der Waals surface area contributed by atoms with Crippen molar-refractivity contribution in [2.24, 2.45) is 5.92 Å². The first-order valence-electron chi connectivity index (χ1n) is 8.29. The summed E-state index contributed by atoms with van der Waals surface area (Å²) in [4.78, 5) is 10.5. The molecule has 0 aliphatic rings. The normalized spacial score (nSPS) is 9.48. The van der Waals surface area contributed by atoms with Gasteiger partial charge < -0.3 is 4.74 Å². The number of hydrogen-bond acceptors (Lipinski definition) is 4. The predicted octanol–water partition coefficient (Wildman–Crippen LogP) is 5.06. The first-order valence-corrected chi connectivity index (χ1v) is 10.4. The molecule has 0 unspecified atom stereocenters. The number of rotatable bonds is 9. The van der Waals surface area contributed by atoms with Crippen molar-refractivity contribution in [1.29, 1.82) is 0 Å². The summed E-state index contributed by atoms with van der Waals surface area (Å²) in [5, 5.41) is 3.21. The zero-order valence-corrected chi connectivity index (χ0v) is 16.9. The molecule has 3 nitrogen and oxygen atoms in total. The van der Waals surface area contributed by atoms with Gasteiger partial charge >= 0.3 is 0 Å². The molecule has 1 rings (SSSR count). The Labute approximate surface area is 149 Å². The topological polar surface area (TPSA) is 38.3 Å². The molecule has 5 heteroatoms. The van der Waals surface area contributed by atoms with Crippen LogP contribution in [-0.2, 0) is 16.6 Å². The van der Waals surface area contributed by atoms with Crippen molar-refractivity contribution in [2.45, 2.75) is 47.5 Å². The Bertz CT molecular complexity index is 386. The number of ether oxygens (including phenoxy) is 1. The Balaban J connectivity index is 0. The molecule has 1 aromatic carbocycles. The minimum atomic E-state index is 0.322. The molecule has 0 bridgehead atoms. The number of ketones is 1. The van der Waals surface area contributed by atoms with Crippen molar-refractivity contribution in [2.75, 3.05) is 19.4 Å². The number of nitrogens with one attached hydrogen (secondary N) is 1. The van der Waals surface area contributed by atoms with Crippen LogP contribution in [0.2, 0.25) is 0 Å². The third kappa shape index (κ3) is 19.1. The lowest BCUT2D eigenvalue weighted by atomic mass is 10.2. The highest BCUT2D eigenvalue weighted by Gasteiger charge is 1.94. The van der Waals surface area contributed by atoms with Crippen LogP contribution in [0.1, 0.15) is 47.5 Å². The van der Waals surface area contributed by atoms with Crippen LogP contribution in [0.15, 0.2) is 30.3 Å². The summed E-state index contributed by atoms with van der Waals surface area (Å²) in [6, 6.07) is 9.83.